The Morgan fingerprint density at radius 3 is 1.96 bits per heavy atom. The van der Waals surface area contributed by atoms with E-state index >= 15 is 0 Å². The van der Waals surface area contributed by atoms with Crippen molar-refractivity contribution in [2.75, 3.05) is 11.1 Å². The molecule has 0 saturated carbocycles. The van der Waals surface area contributed by atoms with E-state index in [-0.39, 0.29) is 5.91 Å². The van der Waals surface area contributed by atoms with Gasteiger partial charge in [-0.05, 0) is 35.4 Å². The summed E-state index contributed by atoms with van der Waals surface area (Å²) in [4.78, 5) is 13.1. The van der Waals surface area contributed by atoms with E-state index in [4.69, 9.17) is 0 Å². The summed E-state index contributed by atoms with van der Waals surface area (Å²) in [5.41, 5.74) is 3.13. The molecule has 23 heavy (non-hydrogen) atoms. The van der Waals surface area contributed by atoms with Gasteiger partial charge in [-0.1, -0.05) is 60.7 Å². The molecule has 0 aliphatic heterocycles. The third-order valence-corrected chi connectivity index (χ3v) is 4.40. The second-order valence-electron chi connectivity index (χ2n) is 5.09. The largest absolute Gasteiger partial charge is 0.325 e. The highest BCUT2D eigenvalue weighted by Crippen LogP contribution is 2.21. The molecule has 0 aromatic heterocycles. The number of rotatable bonds is 5. The molecule has 0 heterocycles. The van der Waals surface area contributed by atoms with Crippen LogP contribution in [0.4, 0.5) is 5.69 Å². The number of thioether (sulfide) groups is 1. The van der Waals surface area contributed by atoms with Gasteiger partial charge < -0.3 is 5.32 Å². The number of hydrogen-bond donors (Lipinski definition) is 1. The zero-order valence-electron chi connectivity index (χ0n) is 12.6. The van der Waals surface area contributed by atoms with Gasteiger partial charge in [0.1, 0.15) is 0 Å². The topological polar surface area (TPSA) is 29.1 Å². The van der Waals surface area contributed by atoms with E-state index in [0.29, 0.717) is 5.75 Å². The van der Waals surface area contributed by atoms with Crippen LogP contribution in [0.1, 0.15) is 0 Å². The second kappa shape index (κ2) is 7.65. The summed E-state index contributed by atoms with van der Waals surface area (Å²) < 4.78 is 0. The van der Waals surface area contributed by atoms with Gasteiger partial charge in [-0.2, -0.15) is 0 Å². The zero-order chi connectivity index (χ0) is 15.9. The van der Waals surface area contributed by atoms with Crippen LogP contribution in [-0.4, -0.2) is 11.7 Å². The Labute approximate surface area is 140 Å². The molecule has 0 atom stereocenters. The molecule has 3 aromatic rings. The minimum absolute atomic E-state index is 0.00585. The maximum Gasteiger partial charge on any atom is 0.234 e. The van der Waals surface area contributed by atoms with Crippen LogP contribution in [0, 0.1) is 0 Å². The summed E-state index contributed by atoms with van der Waals surface area (Å²) in [6.45, 7) is 0. The van der Waals surface area contributed by atoms with Crippen molar-refractivity contribution in [3.63, 3.8) is 0 Å². The molecule has 3 heteroatoms. The molecule has 0 saturated heterocycles. The van der Waals surface area contributed by atoms with Gasteiger partial charge in [0.15, 0.2) is 0 Å². The van der Waals surface area contributed by atoms with Crippen LogP contribution >= 0.6 is 11.8 Å². The van der Waals surface area contributed by atoms with Crippen molar-refractivity contribution in [2.24, 2.45) is 0 Å². The lowest BCUT2D eigenvalue weighted by molar-refractivity contribution is -0.113. The second-order valence-corrected chi connectivity index (χ2v) is 6.14. The number of carbonyl (C=O) groups is 1. The predicted molar refractivity (Wildman–Crippen MR) is 97.7 cm³/mol. The minimum atomic E-state index is 0.00585. The summed E-state index contributed by atoms with van der Waals surface area (Å²) in [6, 6.07) is 28.0. The molecule has 3 aromatic carbocycles. The van der Waals surface area contributed by atoms with E-state index in [1.54, 1.807) is 0 Å². The fourth-order valence-electron chi connectivity index (χ4n) is 2.24. The third kappa shape index (κ3) is 4.47. The lowest BCUT2D eigenvalue weighted by Crippen LogP contribution is -2.13. The smallest absolute Gasteiger partial charge is 0.234 e. The molecule has 0 bridgehead atoms. The SMILES string of the molecule is O=C(CSc1ccccc1)Nc1ccc(-c2ccccc2)cc1. The van der Waals surface area contributed by atoms with E-state index < -0.39 is 0 Å². The van der Waals surface area contributed by atoms with Crippen LogP contribution < -0.4 is 5.32 Å². The highest BCUT2D eigenvalue weighted by molar-refractivity contribution is 8.00. The van der Waals surface area contributed by atoms with Crippen molar-refractivity contribution in [1.29, 1.82) is 0 Å². The number of hydrogen-bond acceptors (Lipinski definition) is 2. The summed E-state index contributed by atoms with van der Waals surface area (Å²) in [5.74, 6) is 0.413. The Kier molecular flexibility index (Phi) is 5.12. The van der Waals surface area contributed by atoms with Crippen molar-refractivity contribution in [1.82, 2.24) is 0 Å². The Morgan fingerprint density at radius 2 is 1.30 bits per heavy atom. The van der Waals surface area contributed by atoms with Crippen molar-refractivity contribution in [3.8, 4) is 11.1 Å². The lowest BCUT2D eigenvalue weighted by Gasteiger charge is -2.07. The Hall–Kier alpha value is -2.52. The van der Waals surface area contributed by atoms with Crippen molar-refractivity contribution in [2.45, 2.75) is 4.90 Å². The highest BCUT2D eigenvalue weighted by Gasteiger charge is 2.04. The highest BCUT2D eigenvalue weighted by atomic mass is 32.2. The van der Waals surface area contributed by atoms with Crippen LogP contribution in [0.15, 0.2) is 89.8 Å². The molecular weight excluding hydrogens is 302 g/mol. The maximum atomic E-state index is 12.0. The van der Waals surface area contributed by atoms with E-state index in [2.05, 4.69) is 17.4 Å². The van der Waals surface area contributed by atoms with Gasteiger partial charge in [-0.25, -0.2) is 0 Å². The summed E-state index contributed by atoms with van der Waals surface area (Å²) in [7, 11) is 0. The normalized spacial score (nSPS) is 10.3. The molecule has 0 unspecified atom stereocenters. The predicted octanol–water partition coefficient (Wildman–Crippen LogP) is 5.08. The van der Waals surface area contributed by atoms with Crippen LogP contribution in [0.5, 0.6) is 0 Å². The lowest BCUT2D eigenvalue weighted by atomic mass is 10.1. The van der Waals surface area contributed by atoms with Gasteiger partial charge in [0.05, 0.1) is 5.75 Å². The van der Waals surface area contributed by atoms with E-state index in [9.17, 15) is 4.79 Å². The first-order valence-corrected chi connectivity index (χ1v) is 8.43. The van der Waals surface area contributed by atoms with Gasteiger partial charge in [0, 0.05) is 10.6 Å². The van der Waals surface area contributed by atoms with Gasteiger partial charge in [0.25, 0.3) is 0 Å². The fraction of sp³-hybridized carbons (Fsp3) is 0.0500. The Balaban J connectivity index is 1.57. The van der Waals surface area contributed by atoms with Crippen molar-refractivity contribution >= 4 is 23.4 Å². The monoisotopic (exact) mass is 319 g/mol. The quantitative estimate of drug-likeness (QED) is 0.664. The molecule has 0 aliphatic carbocycles. The standard InChI is InChI=1S/C20H17NOS/c22-20(15-23-19-9-5-2-6-10-19)21-18-13-11-17(12-14-18)16-7-3-1-4-8-16/h1-14H,15H2,(H,21,22). The molecule has 2 nitrogen and oxygen atoms in total. The third-order valence-electron chi connectivity index (χ3n) is 3.39. The molecule has 3 rings (SSSR count). The Bertz CT molecular complexity index is 755. The number of amides is 1. The van der Waals surface area contributed by atoms with Gasteiger partial charge in [-0.3, -0.25) is 4.79 Å². The van der Waals surface area contributed by atoms with Crippen molar-refractivity contribution < 1.29 is 4.79 Å². The maximum absolute atomic E-state index is 12.0. The average Bonchev–Trinajstić information content (AvgIpc) is 2.62. The number of anilines is 1. The number of benzene rings is 3. The van der Waals surface area contributed by atoms with Crippen LogP contribution in [0.3, 0.4) is 0 Å². The van der Waals surface area contributed by atoms with Crippen molar-refractivity contribution in [3.05, 3.63) is 84.9 Å². The molecule has 1 N–H and O–H groups in total. The zero-order valence-corrected chi connectivity index (χ0v) is 13.4. The Morgan fingerprint density at radius 1 is 0.739 bits per heavy atom. The molecule has 0 aliphatic rings. The molecular formula is C20H17NOS. The summed E-state index contributed by atoms with van der Waals surface area (Å²) in [5, 5.41) is 2.93. The molecule has 0 fully saturated rings. The first-order chi connectivity index (χ1) is 11.3. The van der Waals surface area contributed by atoms with E-state index in [1.807, 2.05) is 72.8 Å². The van der Waals surface area contributed by atoms with Gasteiger partial charge >= 0.3 is 0 Å². The molecule has 0 radical (unpaired) electrons. The number of nitrogens with one attached hydrogen (secondary N) is 1. The first-order valence-electron chi connectivity index (χ1n) is 7.44. The van der Waals surface area contributed by atoms with Gasteiger partial charge in [-0.15, -0.1) is 11.8 Å². The summed E-state index contributed by atoms with van der Waals surface area (Å²) >= 11 is 1.54. The number of carbonyl (C=O) groups excluding carboxylic acids is 1. The minimum Gasteiger partial charge on any atom is -0.325 e. The molecule has 114 valence electrons. The molecule has 0 spiro atoms. The van der Waals surface area contributed by atoms with E-state index in [0.717, 1.165) is 16.1 Å². The first kappa shape index (κ1) is 15.4. The van der Waals surface area contributed by atoms with E-state index in [1.165, 1.54) is 17.3 Å². The van der Waals surface area contributed by atoms with Crippen LogP contribution in [0.25, 0.3) is 11.1 Å². The average molecular weight is 319 g/mol. The van der Waals surface area contributed by atoms with Crippen LogP contribution in [0.2, 0.25) is 0 Å². The van der Waals surface area contributed by atoms with Gasteiger partial charge in [0.2, 0.25) is 5.91 Å². The molecule has 1 amide bonds. The fourth-order valence-corrected chi connectivity index (χ4v) is 2.96. The summed E-state index contributed by atoms with van der Waals surface area (Å²) in [6.07, 6.45) is 0. The van der Waals surface area contributed by atoms with Crippen LogP contribution in [-0.2, 0) is 4.79 Å².